The van der Waals surface area contributed by atoms with Gasteiger partial charge < -0.3 is 5.43 Å². The van der Waals surface area contributed by atoms with E-state index in [9.17, 15) is 8.42 Å². The van der Waals surface area contributed by atoms with Gasteiger partial charge in [-0.3, -0.25) is 5.84 Å². The molecule has 0 aliphatic rings. The van der Waals surface area contributed by atoms with E-state index < -0.39 is 10.0 Å². The fourth-order valence-corrected chi connectivity index (χ4v) is 3.61. The quantitative estimate of drug-likeness (QED) is 0.574. The van der Waals surface area contributed by atoms with Crippen molar-refractivity contribution >= 4 is 38.6 Å². The molecule has 0 atom stereocenters. The van der Waals surface area contributed by atoms with Gasteiger partial charge in [0, 0.05) is 17.6 Å². The Kier molecular flexibility index (Phi) is 4.38. The number of nitrogens with two attached hydrogens (primary N) is 1. The smallest absolute Gasteiger partial charge is 0.260 e. The largest absolute Gasteiger partial charge is 0.321 e. The lowest BCUT2D eigenvalue weighted by atomic mass is 10.4. The number of nitrogen functional groups attached to an aromatic ring is 1. The van der Waals surface area contributed by atoms with Crippen molar-refractivity contribution in [2.24, 2.45) is 5.84 Å². The van der Waals surface area contributed by atoms with Crippen LogP contribution in [0, 0.1) is 0 Å². The van der Waals surface area contributed by atoms with Crippen LogP contribution in [0.4, 0.5) is 5.69 Å². The molecule has 0 amide bonds. The maximum atomic E-state index is 12.1. The summed E-state index contributed by atoms with van der Waals surface area (Å²) in [5.74, 6) is 5.26. The highest BCUT2D eigenvalue weighted by Gasteiger charge is 2.19. The maximum Gasteiger partial charge on any atom is 0.260 e. The molecule has 0 aromatic carbocycles. The number of hydrazine groups is 1. The minimum atomic E-state index is -3.73. The Hall–Kier alpha value is -1.19. The molecule has 2 aromatic heterocycles. The predicted molar refractivity (Wildman–Crippen MR) is 75.4 cm³/mol. The summed E-state index contributed by atoms with van der Waals surface area (Å²) >= 11 is 7.09. The Morgan fingerprint density at radius 1 is 1.37 bits per heavy atom. The van der Waals surface area contributed by atoms with E-state index in [-0.39, 0.29) is 17.3 Å². The van der Waals surface area contributed by atoms with Crippen molar-refractivity contribution in [3.05, 3.63) is 39.7 Å². The Morgan fingerprint density at radius 2 is 2.16 bits per heavy atom. The fourth-order valence-electron chi connectivity index (χ4n) is 1.40. The van der Waals surface area contributed by atoms with Crippen LogP contribution >= 0.6 is 22.9 Å². The van der Waals surface area contributed by atoms with Crippen LogP contribution in [0.1, 0.15) is 4.88 Å². The van der Waals surface area contributed by atoms with Crippen LogP contribution in [-0.2, 0) is 16.6 Å². The Balaban J connectivity index is 2.18. The first-order valence-electron chi connectivity index (χ1n) is 5.18. The zero-order chi connectivity index (χ0) is 13.9. The van der Waals surface area contributed by atoms with Crippen molar-refractivity contribution in [1.29, 1.82) is 0 Å². The molecular formula is C10H11ClN4O2S2. The molecule has 0 aliphatic heterocycles. The van der Waals surface area contributed by atoms with E-state index >= 15 is 0 Å². The van der Waals surface area contributed by atoms with Gasteiger partial charge in [0.05, 0.1) is 10.0 Å². The van der Waals surface area contributed by atoms with E-state index in [1.54, 1.807) is 18.2 Å². The number of hydrogen-bond donors (Lipinski definition) is 3. The number of pyridine rings is 1. The van der Waals surface area contributed by atoms with Crippen LogP contribution in [0.3, 0.4) is 0 Å². The molecule has 19 heavy (non-hydrogen) atoms. The summed E-state index contributed by atoms with van der Waals surface area (Å²) in [7, 11) is -3.73. The van der Waals surface area contributed by atoms with Crippen molar-refractivity contribution in [1.82, 2.24) is 9.71 Å². The Labute approximate surface area is 119 Å². The van der Waals surface area contributed by atoms with Crippen LogP contribution in [0.25, 0.3) is 0 Å². The molecule has 0 saturated heterocycles. The SMILES string of the molecule is NNc1cccnc1S(=O)(=O)NCc1ccc(Cl)s1. The van der Waals surface area contributed by atoms with Gasteiger partial charge in [-0.2, -0.15) is 0 Å². The average molecular weight is 319 g/mol. The third-order valence-corrected chi connectivity index (χ3v) is 4.84. The molecule has 6 nitrogen and oxygen atoms in total. The molecule has 0 unspecified atom stereocenters. The Morgan fingerprint density at radius 3 is 2.79 bits per heavy atom. The zero-order valence-electron chi connectivity index (χ0n) is 9.63. The van der Waals surface area contributed by atoms with E-state index in [2.05, 4.69) is 15.1 Å². The number of hydrogen-bond acceptors (Lipinski definition) is 6. The van der Waals surface area contributed by atoms with E-state index in [1.165, 1.54) is 23.6 Å². The minimum Gasteiger partial charge on any atom is -0.321 e. The second kappa shape index (κ2) is 5.85. The third kappa shape index (κ3) is 3.43. The van der Waals surface area contributed by atoms with Crippen LogP contribution in [0.2, 0.25) is 4.34 Å². The van der Waals surface area contributed by atoms with Gasteiger partial charge in [-0.05, 0) is 24.3 Å². The first-order valence-corrected chi connectivity index (χ1v) is 7.86. The summed E-state index contributed by atoms with van der Waals surface area (Å²) in [5.41, 5.74) is 2.54. The standard InChI is InChI=1S/C10H11ClN4O2S2/c11-9-4-3-7(18-9)6-14-19(16,17)10-8(15-12)2-1-5-13-10/h1-5,14-15H,6,12H2. The van der Waals surface area contributed by atoms with Gasteiger partial charge in [0.2, 0.25) is 0 Å². The summed E-state index contributed by atoms with van der Waals surface area (Å²) in [6, 6.07) is 6.59. The van der Waals surface area contributed by atoms with Crippen LogP contribution in [0.5, 0.6) is 0 Å². The summed E-state index contributed by atoms with van der Waals surface area (Å²) in [5, 5.41) is -0.139. The first kappa shape index (κ1) is 14.2. The molecule has 0 spiro atoms. The normalized spacial score (nSPS) is 11.5. The zero-order valence-corrected chi connectivity index (χ0v) is 12.0. The molecule has 0 fully saturated rings. The van der Waals surface area contributed by atoms with E-state index in [0.717, 1.165) is 4.88 Å². The molecule has 9 heteroatoms. The van der Waals surface area contributed by atoms with Crippen molar-refractivity contribution < 1.29 is 8.42 Å². The highest BCUT2D eigenvalue weighted by Crippen LogP contribution is 2.22. The van der Waals surface area contributed by atoms with Gasteiger partial charge in [0.15, 0.2) is 5.03 Å². The molecule has 0 bridgehead atoms. The topological polar surface area (TPSA) is 97.1 Å². The molecule has 102 valence electrons. The van der Waals surface area contributed by atoms with Gasteiger partial charge in [0.1, 0.15) is 0 Å². The van der Waals surface area contributed by atoms with Gasteiger partial charge in [-0.1, -0.05) is 11.6 Å². The molecule has 2 aromatic rings. The van der Waals surface area contributed by atoms with Crippen LogP contribution in [0.15, 0.2) is 35.5 Å². The van der Waals surface area contributed by atoms with E-state index in [4.69, 9.17) is 17.4 Å². The number of thiophene rings is 1. The van der Waals surface area contributed by atoms with Gasteiger partial charge in [-0.15, -0.1) is 11.3 Å². The molecule has 0 radical (unpaired) electrons. The summed E-state index contributed by atoms with van der Waals surface area (Å²) in [4.78, 5) is 4.63. The molecule has 4 N–H and O–H groups in total. The van der Waals surface area contributed by atoms with Gasteiger partial charge >= 0.3 is 0 Å². The van der Waals surface area contributed by atoms with Crippen molar-refractivity contribution in [3.63, 3.8) is 0 Å². The second-order valence-electron chi connectivity index (χ2n) is 3.53. The summed E-state index contributed by atoms with van der Waals surface area (Å²) < 4.78 is 27.2. The first-order chi connectivity index (χ1) is 9.03. The minimum absolute atomic E-state index is 0.139. The third-order valence-electron chi connectivity index (χ3n) is 2.25. The van der Waals surface area contributed by atoms with Crippen molar-refractivity contribution in [2.45, 2.75) is 11.6 Å². The lowest BCUT2D eigenvalue weighted by Crippen LogP contribution is -2.25. The lowest BCUT2D eigenvalue weighted by Gasteiger charge is -2.08. The van der Waals surface area contributed by atoms with Gasteiger partial charge in [-0.25, -0.2) is 18.1 Å². The second-order valence-corrected chi connectivity index (χ2v) is 7.01. The van der Waals surface area contributed by atoms with E-state index in [0.29, 0.717) is 4.34 Å². The van der Waals surface area contributed by atoms with Gasteiger partial charge in [0.25, 0.3) is 10.0 Å². The maximum absolute atomic E-state index is 12.1. The molecule has 0 saturated carbocycles. The number of aromatic nitrogens is 1. The number of anilines is 1. The summed E-state index contributed by atoms with van der Waals surface area (Å²) in [6.07, 6.45) is 1.39. The monoisotopic (exact) mass is 318 g/mol. The number of sulfonamides is 1. The average Bonchev–Trinajstić information content (AvgIpc) is 2.82. The molecule has 2 rings (SSSR count). The predicted octanol–water partition coefficient (Wildman–Crippen LogP) is 1.56. The molecule has 0 aliphatic carbocycles. The summed E-state index contributed by atoms with van der Waals surface area (Å²) in [6.45, 7) is 0.153. The highest BCUT2D eigenvalue weighted by molar-refractivity contribution is 7.89. The number of halogens is 1. The lowest BCUT2D eigenvalue weighted by molar-refractivity contribution is 0.578. The highest BCUT2D eigenvalue weighted by atomic mass is 35.5. The number of nitrogens with one attached hydrogen (secondary N) is 2. The number of rotatable bonds is 5. The molecule has 2 heterocycles. The van der Waals surface area contributed by atoms with Crippen LogP contribution in [-0.4, -0.2) is 13.4 Å². The van der Waals surface area contributed by atoms with Crippen molar-refractivity contribution in [2.75, 3.05) is 5.43 Å². The van der Waals surface area contributed by atoms with Crippen molar-refractivity contribution in [3.8, 4) is 0 Å². The molecular weight excluding hydrogens is 308 g/mol. The number of nitrogens with zero attached hydrogens (tertiary/aromatic N) is 1. The van der Waals surface area contributed by atoms with Crippen LogP contribution < -0.4 is 16.0 Å². The Bertz CT molecular complexity index is 672. The van der Waals surface area contributed by atoms with E-state index in [1.807, 2.05) is 0 Å². The fraction of sp³-hybridized carbons (Fsp3) is 0.100.